The van der Waals surface area contributed by atoms with E-state index in [4.69, 9.17) is 5.11 Å². The van der Waals surface area contributed by atoms with Crippen molar-refractivity contribution in [3.8, 4) is 0 Å². The number of nitrogens with one attached hydrogen (secondary N) is 2. The summed E-state index contributed by atoms with van der Waals surface area (Å²) in [6.07, 6.45) is -3.48. The molecule has 0 saturated carbocycles. The monoisotopic (exact) mass is 366 g/mol. The smallest absolute Gasteiger partial charge is 0.335 e. The third-order valence-corrected chi connectivity index (χ3v) is 3.72. The maximum absolute atomic E-state index is 12.3. The average Bonchev–Trinajstić information content (AvgIpc) is 2.60. The predicted octanol–water partition coefficient (Wildman–Crippen LogP) is -0.317. The van der Waals surface area contributed by atoms with Crippen molar-refractivity contribution in [1.82, 2.24) is 10.6 Å². The molecule has 0 radical (unpaired) electrons. The molecule has 1 aromatic rings. The molecule has 1 aromatic carbocycles. The second-order valence-electron chi connectivity index (χ2n) is 6.45. The van der Waals surface area contributed by atoms with Gasteiger partial charge in [0, 0.05) is 6.54 Å². The minimum Gasteiger partial charge on any atom is -0.479 e. The zero-order chi connectivity index (χ0) is 19.7. The molecule has 0 aliphatic carbocycles. The summed E-state index contributed by atoms with van der Waals surface area (Å²) in [5, 5.41) is 32.5. The molecule has 26 heavy (non-hydrogen) atoms. The van der Waals surface area contributed by atoms with Crippen LogP contribution in [0.5, 0.6) is 0 Å². The number of aliphatic hydroxyl groups is 2. The number of carboxylic acids is 1. The Morgan fingerprint density at radius 2 is 1.62 bits per heavy atom. The summed E-state index contributed by atoms with van der Waals surface area (Å²) in [5.41, 5.74) is 1.05. The Kier molecular flexibility index (Phi) is 8.74. The highest BCUT2D eigenvalue weighted by Crippen LogP contribution is 2.07. The first-order chi connectivity index (χ1) is 12.2. The molecule has 0 aromatic heterocycles. The van der Waals surface area contributed by atoms with Crippen LogP contribution in [0, 0.1) is 5.92 Å². The third-order valence-electron chi connectivity index (χ3n) is 3.72. The minimum absolute atomic E-state index is 0.0710. The van der Waals surface area contributed by atoms with E-state index in [1.165, 1.54) is 0 Å². The molecule has 0 aliphatic rings. The van der Waals surface area contributed by atoms with Crippen molar-refractivity contribution in [1.29, 1.82) is 0 Å². The van der Waals surface area contributed by atoms with Gasteiger partial charge in [-0.15, -0.1) is 0 Å². The molecule has 3 atom stereocenters. The van der Waals surface area contributed by atoms with E-state index in [1.54, 1.807) is 0 Å². The molecule has 144 valence electrons. The lowest BCUT2D eigenvalue weighted by atomic mass is 10.0. The number of carboxylic acid groups (broad SMARTS) is 1. The number of aliphatic carboxylic acids is 1. The number of carbonyl (C=O) groups is 3. The molecule has 1 rings (SSSR count). The summed E-state index contributed by atoms with van der Waals surface area (Å²) in [6.45, 7) is 4.09. The van der Waals surface area contributed by atoms with Crippen LogP contribution in [0.3, 0.4) is 0 Å². The van der Waals surface area contributed by atoms with Crippen molar-refractivity contribution in [3.05, 3.63) is 35.9 Å². The molecule has 8 heteroatoms. The Morgan fingerprint density at radius 1 is 1.00 bits per heavy atom. The Bertz CT molecular complexity index is 605. The minimum atomic E-state index is -2.25. The molecular formula is C18H26N2O6. The molecule has 0 saturated heterocycles. The summed E-state index contributed by atoms with van der Waals surface area (Å²) in [7, 11) is 0. The van der Waals surface area contributed by atoms with E-state index in [9.17, 15) is 24.6 Å². The van der Waals surface area contributed by atoms with Gasteiger partial charge in [0.05, 0.1) is 0 Å². The van der Waals surface area contributed by atoms with Crippen molar-refractivity contribution >= 4 is 17.8 Å². The van der Waals surface area contributed by atoms with Crippen molar-refractivity contribution in [3.63, 3.8) is 0 Å². The van der Waals surface area contributed by atoms with Gasteiger partial charge in [-0.3, -0.25) is 9.59 Å². The SMILES string of the molecule is CC(C)CC(NC(=O)[C@@H](O)[C@H](O)C(=O)O)C(=O)NCCc1ccccc1. The molecule has 0 fully saturated rings. The van der Waals surface area contributed by atoms with E-state index in [0.29, 0.717) is 19.4 Å². The van der Waals surface area contributed by atoms with Crippen LogP contribution in [0.1, 0.15) is 25.8 Å². The fourth-order valence-corrected chi connectivity index (χ4v) is 2.34. The maximum Gasteiger partial charge on any atom is 0.335 e. The summed E-state index contributed by atoms with van der Waals surface area (Å²) < 4.78 is 0. The van der Waals surface area contributed by atoms with Gasteiger partial charge in [0.25, 0.3) is 5.91 Å². The van der Waals surface area contributed by atoms with Gasteiger partial charge in [-0.2, -0.15) is 0 Å². The zero-order valence-electron chi connectivity index (χ0n) is 14.9. The van der Waals surface area contributed by atoms with Gasteiger partial charge < -0.3 is 26.0 Å². The summed E-state index contributed by atoms with van der Waals surface area (Å²) >= 11 is 0. The Hall–Kier alpha value is -2.45. The van der Waals surface area contributed by atoms with Crippen LogP contribution in [-0.2, 0) is 20.8 Å². The molecule has 2 amide bonds. The van der Waals surface area contributed by atoms with Crippen LogP contribution in [0.4, 0.5) is 0 Å². The van der Waals surface area contributed by atoms with Crippen LogP contribution in [-0.4, -0.2) is 57.9 Å². The predicted molar refractivity (Wildman–Crippen MR) is 94.2 cm³/mol. The summed E-state index contributed by atoms with van der Waals surface area (Å²) in [4.78, 5) is 34.9. The Labute approximate surface area is 152 Å². The fourth-order valence-electron chi connectivity index (χ4n) is 2.34. The molecule has 5 N–H and O–H groups in total. The quantitative estimate of drug-likeness (QED) is 0.385. The fraction of sp³-hybridized carbons (Fsp3) is 0.500. The standard InChI is InChI=1S/C18H26N2O6/c1-11(2)10-13(20-17(24)14(21)15(22)18(25)26)16(23)19-9-8-12-6-4-3-5-7-12/h3-7,11,13-15,21-22H,8-10H2,1-2H3,(H,19,23)(H,20,24)(H,25,26)/t13?,14-,15-/m0/s1. The Morgan fingerprint density at radius 3 is 2.15 bits per heavy atom. The number of amides is 2. The van der Waals surface area contributed by atoms with Gasteiger partial charge in [-0.05, 0) is 24.3 Å². The van der Waals surface area contributed by atoms with Gasteiger partial charge in [0.1, 0.15) is 6.04 Å². The van der Waals surface area contributed by atoms with Crippen molar-refractivity contribution in [2.45, 2.75) is 44.9 Å². The molecule has 0 heterocycles. The van der Waals surface area contributed by atoms with E-state index in [2.05, 4.69) is 10.6 Å². The highest BCUT2D eigenvalue weighted by molar-refractivity contribution is 5.92. The average molecular weight is 366 g/mol. The molecule has 1 unspecified atom stereocenters. The highest BCUT2D eigenvalue weighted by Gasteiger charge is 2.32. The van der Waals surface area contributed by atoms with E-state index in [-0.39, 0.29) is 5.92 Å². The first-order valence-corrected chi connectivity index (χ1v) is 8.43. The van der Waals surface area contributed by atoms with Crippen molar-refractivity contribution < 1.29 is 29.7 Å². The van der Waals surface area contributed by atoms with E-state index >= 15 is 0 Å². The molecule has 0 spiro atoms. The number of carbonyl (C=O) groups excluding carboxylic acids is 2. The largest absolute Gasteiger partial charge is 0.479 e. The van der Waals surface area contributed by atoms with E-state index < -0.39 is 36.0 Å². The normalized spacial score (nSPS) is 14.3. The third kappa shape index (κ3) is 7.20. The second kappa shape index (κ2) is 10.5. The number of hydrogen-bond acceptors (Lipinski definition) is 5. The van der Waals surface area contributed by atoms with Crippen molar-refractivity contribution in [2.75, 3.05) is 6.54 Å². The van der Waals surface area contributed by atoms with Crippen LogP contribution >= 0.6 is 0 Å². The molecule has 8 nitrogen and oxygen atoms in total. The van der Waals surface area contributed by atoms with Crippen LogP contribution in [0.25, 0.3) is 0 Å². The topological polar surface area (TPSA) is 136 Å². The lowest BCUT2D eigenvalue weighted by Gasteiger charge is -2.22. The van der Waals surface area contributed by atoms with Gasteiger partial charge in [0.15, 0.2) is 12.2 Å². The Balaban J connectivity index is 2.62. The summed E-state index contributed by atoms with van der Waals surface area (Å²) in [6, 6.07) is 8.62. The summed E-state index contributed by atoms with van der Waals surface area (Å²) in [5.74, 6) is -3.19. The molecule has 0 aliphatic heterocycles. The number of rotatable bonds is 10. The van der Waals surface area contributed by atoms with E-state index in [0.717, 1.165) is 5.56 Å². The van der Waals surface area contributed by atoms with E-state index in [1.807, 2.05) is 44.2 Å². The van der Waals surface area contributed by atoms with Gasteiger partial charge in [-0.25, -0.2) is 4.79 Å². The molecular weight excluding hydrogens is 340 g/mol. The lowest BCUT2D eigenvalue weighted by Crippen LogP contribution is -2.53. The number of hydrogen-bond donors (Lipinski definition) is 5. The van der Waals surface area contributed by atoms with Crippen LogP contribution in [0.2, 0.25) is 0 Å². The first-order valence-electron chi connectivity index (χ1n) is 8.43. The lowest BCUT2D eigenvalue weighted by molar-refractivity contribution is -0.158. The second-order valence-corrected chi connectivity index (χ2v) is 6.45. The maximum atomic E-state index is 12.3. The molecule has 0 bridgehead atoms. The number of aliphatic hydroxyl groups excluding tert-OH is 2. The first kappa shape index (κ1) is 21.6. The highest BCUT2D eigenvalue weighted by atomic mass is 16.4. The van der Waals surface area contributed by atoms with Crippen LogP contribution in [0.15, 0.2) is 30.3 Å². The van der Waals surface area contributed by atoms with Gasteiger partial charge in [-0.1, -0.05) is 44.2 Å². The van der Waals surface area contributed by atoms with Gasteiger partial charge >= 0.3 is 5.97 Å². The van der Waals surface area contributed by atoms with Crippen LogP contribution < -0.4 is 10.6 Å². The van der Waals surface area contributed by atoms with Crippen molar-refractivity contribution in [2.24, 2.45) is 5.92 Å². The van der Waals surface area contributed by atoms with Gasteiger partial charge in [0.2, 0.25) is 5.91 Å². The zero-order valence-corrected chi connectivity index (χ0v) is 14.9. The number of benzene rings is 1.